The van der Waals surface area contributed by atoms with E-state index in [2.05, 4.69) is 17.2 Å². The molecule has 4 heteroatoms. The highest BCUT2D eigenvalue weighted by Crippen LogP contribution is 2.27. The van der Waals surface area contributed by atoms with Crippen LogP contribution in [-0.4, -0.2) is 18.6 Å². The highest BCUT2D eigenvalue weighted by molar-refractivity contribution is 5.65. The zero-order valence-electron chi connectivity index (χ0n) is 12.2. The molecule has 0 aliphatic rings. The summed E-state index contributed by atoms with van der Waals surface area (Å²) in [6, 6.07) is 8.63. The number of anilines is 2. The van der Waals surface area contributed by atoms with E-state index in [1.807, 2.05) is 37.2 Å². The lowest BCUT2D eigenvalue weighted by atomic mass is 10.1. The molecule has 3 nitrogen and oxygen atoms in total. The van der Waals surface area contributed by atoms with Gasteiger partial charge in [0.15, 0.2) is 0 Å². The number of aryl methyl sites for hydroxylation is 1. The Morgan fingerprint density at radius 3 is 2.80 bits per heavy atom. The Bertz CT molecular complexity index is 584. The van der Waals surface area contributed by atoms with Crippen molar-refractivity contribution in [2.75, 3.05) is 18.5 Å². The predicted octanol–water partition coefficient (Wildman–Crippen LogP) is 3.41. The first kappa shape index (κ1) is 14.5. The smallest absolute Gasteiger partial charge is 0.125 e. The Morgan fingerprint density at radius 2 is 2.10 bits per heavy atom. The van der Waals surface area contributed by atoms with Crippen molar-refractivity contribution in [3.63, 3.8) is 0 Å². The minimum absolute atomic E-state index is 0.228. The second-order valence-electron chi connectivity index (χ2n) is 4.77. The zero-order chi connectivity index (χ0) is 14.5. The van der Waals surface area contributed by atoms with Crippen molar-refractivity contribution >= 4 is 11.4 Å². The monoisotopic (exact) mass is 273 g/mol. The predicted molar refractivity (Wildman–Crippen MR) is 80.8 cm³/mol. The first-order chi connectivity index (χ1) is 9.61. The normalized spacial score (nSPS) is 10.6. The third-order valence-electron chi connectivity index (χ3n) is 3.22. The summed E-state index contributed by atoms with van der Waals surface area (Å²) < 4.78 is 13.4. The van der Waals surface area contributed by atoms with Crippen LogP contribution in [0.4, 0.5) is 15.8 Å². The maximum absolute atomic E-state index is 13.4. The third-order valence-corrected chi connectivity index (χ3v) is 3.22. The molecule has 1 N–H and O–H groups in total. The lowest BCUT2D eigenvalue weighted by Gasteiger charge is -2.23. The summed E-state index contributed by atoms with van der Waals surface area (Å²) >= 11 is 0. The Kier molecular flexibility index (Phi) is 4.69. The maximum atomic E-state index is 13.4. The van der Waals surface area contributed by atoms with Crippen LogP contribution in [0, 0.1) is 12.7 Å². The van der Waals surface area contributed by atoms with E-state index >= 15 is 0 Å². The van der Waals surface area contributed by atoms with Crippen LogP contribution in [0.15, 0.2) is 36.5 Å². The number of hydrogen-bond acceptors (Lipinski definition) is 3. The van der Waals surface area contributed by atoms with Gasteiger partial charge in [-0.2, -0.15) is 0 Å². The van der Waals surface area contributed by atoms with Gasteiger partial charge in [0.2, 0.25) is 0 Å². The van der Waals surface area contributed by atoms with Gasteiger partial charge in [0.1, 0.15) is 5.82 Å². The van der Waals surface area contributed by atoms with E-state index in [4.69, 9.17) is 0 Å². The molecule has 0 fully saturated rings. The summed E-state index contributed by atoms with van der Waals surface area (Å²) in [5, 5.41) is 3.30. The Balaban J connectivity index is 2.37. The van der Waals surface area contributed by atoms with Gasteiger partial charge in [-0.25, -0.2) is 4.39 Å². The number of rotatable bonds is 5. The molecule has 0 aliphatic heterocycles. The van der Waals surface area contributed by atoms with Crippen LogP contribution in [0.3, 0.4) is 0 Å². The molecule has 0 radical (unpaired) electrons. The van der Waals surface area contributed by atoms with Crippen LogP contribution in [0.5, 0.6) is 0 Å². The fourth-order valence-electron chi connectivity index (χ4n) is 2.11. The average molecular weight is 273 g/mol. The summed E-state index contributed by atoms with van der Waals surface area (Å²) in [7, 11) is 1.94. The molecule has 0 saturated heterocycles. The van der Waals surface area contributed by atoms with Crippen molar-refractivity contribution in [3.8, 4) is 0 Å². The number of hydrogen-bond donors (Lipinski definition) is 1. The molecule has 0 bridgehead atoms. The van der Waals surface area contributed by atoms with Gasteiger partial charge in [-0.3, -0.25) is 4.98 Å². The van der Waals surface area contributed by atoms with Gasteiger partial charge in [0.25, 0.3) is 0 Å². The number of halogens is 1. The van der Waals surface area contributed by atoms with Crippen molar-refractivity contribution < 1.29 is 4.39 Å². The molecule has 1 aromatic heterocycles. The second kappa shape index (κ2) is 6.48. The van der Waals surface area contributed by atoms with Crippen LogP contribution in [0.25, 0.3) is 0 Å². The number of nitrogens with zero attached hydrogens (tertiary/aromatic N) is 2. The highest BCUT2D eigenvalue weighted by Gasteiger charge is 2.10. The number of nitrogens with one attached hydrogen (secondary N) is 1. The Morgan fingerprint density at radius 1 is 1.30 bits per heavy atom. The van der Waals surface area contributed by atoms with Crippen LogP contribution in [0.2, 0.25) is 0 Å². The van der Waals surface area contributed by atoms with Crippen LogP contribution in [0.1, 0.15) is 18.2 Å². The van der Waals surface area contributed by atoms with Crippen molar-refractivity contribution in [1.29, 1.82) is 0 Å². The largest absolute Gasteiger partial charge is 0.344 e. The van der Waals surface area contributed by atoms with Crippen LogP contribution >= 0.6 is 0 Å². The van der Waals surface area contributed by atoms with Gasteiger partial charge in [0.05, 0.1) is 0 Å². The van der Waals surface area contributed by atoms with Crippen LogP contribution < -0.4 is 10.2 Å². The van der Waals surface area contributed by atoms with Crippen molar-refractivity contribution in [3.05, 3.63) is 53.6 Å². The average Bonchev–Trinajstić information content (AvgIpc) is 2.45. The van der Waals surface area contributed by atoms with Gasteiger partial charge in [0, 0.05) is 42.4 Å². The van der Waals surface area contributed by atoms with Gasteiger partial charge in [-0.15, -0.1) is 0 Å². The number of benzene rings is 1. The van der Waals surface area contributed by atoms with Gasteiger partial charge >= 0.3 is 0 Å². The molecule has 106 valence electrons. The molecule has 0 aliphatic carbocycles. The lowest BCUT2D eigenvalue weighted by molar-refractivity contribution is 0.628. The quantitative estimate of drug-likeness (QED) is 0.905. The molecule has 0 atom stereocenters. The summed E-state index contributed by atoms with van der Waals surface area (Å²) in [4.78, 5) is 6.34. The first-order valence-electron chi connectivity index (χ1n) is 6.77. The van der Waals surface area contributed by atoms with Gasteiger partial charge < -0.3 is 10.2 Å². The molecule has 2 aromatic rings. The third kappa shape index (κ3) is 3.33. The van der Waals surface area contributed by atoms with Crippen molar-refractivity contribution in [1.82, 2.24) is 10.3 Å². The van der Waals surface area contributed by atoms with E-state index in [0.29, 0.717) is 0 Å². The Labute approximate surface area is 119 Å². The number of pyridine rings is 1. The summed E-state index contributed by atoms with van der Waals surface area (Å²) in [6.07, 6.45) is 1.88. The maximum Gasteiger partial charge on any atom is 0.125 e. The summed E-state index contributed by atoms with van der Waals surface area (Å²) in [5.74, 6) is -0.228. The van der Waals surface area contributed by atoms with Crippen LogP contribution in [-0.2, 0) is 6.54 Å². The lowest BCUT2D eigenvalue weighted by Crippen LogP contribution is -2.17. The molecule has 1 heterocycles. The molecule has 0 saturated carbocycles. The van der Waals surface area contributed by atoms with Crippen molar-refractivity contribution in [2.45, 2.75) is 20.4 Å². The molecular weight excluding hydrogens is 253 g/mol. The van der Waals surface area contributed by atoms with E-state index < -0.39 is 0 Å². The van der Waals surface area contributed by atoms with Crippen molar-refractivity contribution in [2.24, 2.45) is 0 Å². The Hall–Kier alpha value is -1.94. The van der Waals surface area contributed by atoms with Gasteiger partial charge in [-0.05, 0) is 37.7 Å². The molecule has 20 heavy (non-hydrogen) atoms. The fourth-order valence-corrected chi connectivity index (χ4v) is 2.11. The first-order valence-corrected chi connectivity index (χ1v) is 6.77. The topological polar surface area (TPSA) is 28.2 Å². The van der Waals surface area contributed by atoms with Gasteiger partial charge in [-0.1, -0.05) is 13.0 Å². The molecule has 0 unspecified atom stereocenters. The molecule has 2 rings (SSSR count). The molecular formula is C16H20FN3. The molecule has 0 spiro atoms. The minimum Gasteiger partial charge on any atom is -0.344 e. The fraction of sp³-hybridized carbons (Fsp3) is 0.312. The van der Waals surface area contributed by atoms with E-state index in [0.717, 1.165) is 35.7 Å². The standard InChI is InChI=1S/C16H20FN3/c1-4-18-10-13-11-19-12(2)8-16(13)20(3)15-7-5-6-14(17)9-15/h5-9,11,18H,4,10H2,1-3H3. The van der Waals surface area contributed by atoms with E-state index in [1.54, 1.807) is 6.07 Å². The summed E-state index contributed by atoms with van der Waals surface area (Å²) in [5.41, 5.74) is 3.92. The second-order valence-corrected chi connectivity index (χ2v) is 4.77. The van der Waals surface area contributed by atoms with E-state index in [1.165, 1.54) is 12.1 Å². The SMILES string of the molecule is CCNCc1cnc(C)cc1N(C)c1cccc(F)c1. The number of aromatic nitrogens is 1. The summed E-state index contributed by atoms with van der Waals surface area (Å²) in [6.45, 7) is 5.67. The molecule has 1 aromatic carbocycles. The molecule has 0 amide bonds. The highest BCUT2D eigenvalue weighted by atomic mass is 19.1. The minimum atomic E-state index is -0.228. The van der Waals surface area contributed by atoms with E-state index in [9.17, 15) is 4.39 Å². The zero-order valence-corrected chi connectivity index (χ0v) is 12.2. The van der Waals surface area contributed by atoms with E-state index in [-0.39, 0.29) is 5.82 Å².